The highest BCUT2D eigenvalue weighted by Crippen LogP contribution is 2.26. The number of allylic oxidation sites excluding steroid dienone is 2. The molecule has 0 bridgehead atoms. The van der Waals surface area contributed by atoms with Crippen LogP contribution in [0, 0.1) is 0 Å². The van der Waals surface area contributed by atoms with Crippen molar-refractivity contribution >= 4 is 11.6 Å². The molecule has 1 aromatic carbocycles. The van der Waals surface area contributed by atoms with Crippen LogP contribution in [0.2, 0.25) is 0 Å². The standard InChI is InChI=1S/C16H16O3/c17-15-8-9-16(18)14-10-12(6-7-13(14)15)19-11-4-2-1-3-5-11/h6-11H,1-5H2. The highest BCUT2D eigenvalue weighted by Gasteiger charge is 2.21. The van der Waals surface area contributed by atoms with E-state index in [1.54, 1.807) is 18.2 Å². The molecule has 0 aromatic heterocycles. The fraction of sp³-hybridized carbons (Fsp3) is 0.375. The highest BCUT2D eigenvalue weighted by atomic mass is 16.5. The van der Waals surface area contributed by atoms with E-state index in [1.165, 1.54) is 31.4 Å². The predicted molar refractivity (Wildman–Crippen MR) is 71.7 cm³/mol. The van der Waals surface area contributed by atoms with Gasteiger partial charge < -0.3 is 4.74 Å². The van der Waals surface area contributed by atoms with Crippen LogP contribution >= 0.6 is 0 Å². The number of hydrogen-bond donors (Lipinski definition) is 0. The van der Waals surface area contributed by atoms with Crippen molar-refractivity contribution in [2.45, 2.75) is 38.2 Å². The van der Waals surface area contributed by atoms with Gasteiger partial charge in [-0.2, -0.15) is 0 Å². The monoisotopic (exact) mass is 256 g/mol. The zero-order chi connectivity index (χ0) is 13.2. The lowest BCUT2D eigenvalue weighted by atomic mass is 9.94. The van der Waals surface area contributed by atoms with Gasteiger partial charge in [0, 0.05) is 11.1 Å². The Bertz CT molecular complexity index is 551. The third kappa shape index (κ3) is 2.46. The topological polar surface area (TPSA) is 43.4 Å². The molecule has 0 radical (unpaired) electrons. The van der Waals surface area contributed by atoms with Gasteiger partial charge in [-0.05, 0) is 56.0 Å². The first kappa shape index (κ1) is 12.2. The van der Waals surface area contributed by atoms with Gasteiger partial charge >= 0.3 is 0 Å². The number of hydrogen-bond acceptors (Lipinski definition) is 3. The Labute approximate surface area is 112 Å². The molecule has 1 saturated carbocycles. The second-order valence-electron chi connectivity index (χ2n) is 5.15. The summed E-state index contributed by atoms with van der Waals surface area (Å²) in [5.74, 6) is 0.463. The van der Waals surface area contributed by atoms with E-state index in [-0.39, 0.29) is 17.7 Å². The van der Waals surface area contributed by atoms with Crippen molar-refractivity contribution in [2.75, 3.05) is 0 Å². The maximum atomic E-state index is 11.8. The Hall–Kier alpha value is -1.90. The summed E-state index contributed by atoms with van der Waals surface area (Å²) in [6.07, 6.45) is 8.74. The predicted octanol–water partition coefficient (Wildman–Crippen LogP) is 3.33. The zero-order valence-electron chi connectivity index (χ0n) is 10.7. The first-order valence-electron chi connectivity index (χ1n) is 6.81. The van der Waals surface area contributed by atoms with Gasteiger partial charge in [0.1, 0.15) is 5.75 Å². The minimum Gasteiger partial charge on any atom is -0.490 e. The summed E-state index contributed by atoms with van der Waals surface area (Å²) in [6, 6.07) is 5.18. The van der Waals surface area contributed by atoms with E-state index in [0.717, 1.165) is 12.8 Å². The molecule has 0 unspecified atom stereocenters. The van der Waals surface area contributed by atoms with Gasteiger partial charge in [0.2, 0.25) is 0 Å². The van der Waals surface area contributed by atoms with Gasteiger partial charge in [-0.1, -0.05) is 6.42 Å². The van der Waals surface area contributed by atoms with Crippen LogP contribution < -0.4 is 4.74 Å². The van der Waals surface area contributed by atoms with Crippen LogP contribution in [0.4, 0.5) is 0 Å². The fourth-order valence-electron chi connectivity index (χ4n) is 2.72. The van der Waals surface area contributed by atoms with E-state index in [0.29, 0.717) is 16.9 Å². The summed E-state index contributed by atoms with van der Waals surface area (Å²) < 4.78 is 5.92. The van der Waals surface area contributed by atoms with Gasteiger partial charge in [0.15, 0.2) is 11.6 Å². The lowest BCUT2D eigenvalue weighted by Crippen LogP contribution is -2.20. The summed E-state index contributed by atoms with van der Waals surface area (Å²) in [5, 5.41) is 0. The lowest BCUT2D eigenvalue weighted by molar-refractivity contribution is 0.0993. The number of fused-ring (bicyclic) bond motifs is 1. The van der Waals surface area contributed by atoms with E-state index < -0.39 is 0 Å². The maximum absolute atomic E-state index is 11.8. The molecule has 2 aliphatic carbocycles. The van der Waals surface area contributed by atoms with Crippen LogP contribution in [-0.2, 0) is 0 Å². The molecule has 1 aromatic rings. The quantitative estimate of drug-likeness (QED) is 0.815. The molecule has 3 rings (SSSR count). The number of carbonyl (C=O) groups is 2. The number of carbonyl (C=O) groups excluding carboxylic acids is 2. The Morgan fingerprint density at radius 1 is 0.895 bits per heavy atom. The number of rotatable bonds is 2. The van der Waals surface area contributed by atoms with E-state index in [1.807, 2.05) is 0 Å². The Kier molecular flexibility index (Phi) is 3.20. The molecule has 19 heavy (non-hydrogen) atoms. The van der Waals surface area contributed by atoms with E-state index >= 15 is 0 Å². The van der Waals surface area contributed by atoms with Crippen molar-refractivity contribution < 1.29 is 14.3 Å². The van der Waals surface area contributed by atoms with Crippen molar-refractivity contribution in [2.24, 2.45) is 0 Å². The molecule has 3 nitrogen and oxygen atoms in total. The zero-order valence-corrected chi connectivity index (χ0v) is 10.7. The molecule has 0 amide bonds. The first-order valence-corrected chi connectivity index (χ1v) is 6.81. The smallest absolute Gasteiger partial charge is 0.186 e. The van der Waals surface area contributed by atoms with E-state index in [9.17, 15) is 9.59 Å². The SMILES string of the molecule is O=C1C=CC(=O)c2cc(OC3CCCCC3)ccc21. The normalized spacial score (nSPS) is 19.4. The highest BCUT2D eigenvalue weighted by molar-refractivity contribution is 6.22. The Balaban J connectivity index is 1.83. The minimum atomic E-state index is -0.122. The van der Waals surface area contributed by atoms with Crippen molar-refractivity contribution in [3.63, 3.8) is 0 Å². The summed E-state index contributed by atoms with van der Waals surface area (Å²) in [6.45, 7) is 0. The molecule has 1 fully saturated rings. The minimum absolute atomic E-state index is 0.112. The number of ketones is 2. The first-order chi connectivity index (χ1) is 9.24. The molecule has 3 heteroatoms. The lowest BCUT2D eigenvalue weighted by Gasteiger charge is -2.23. The fourth-order valence-corrected chi connectivity index (χ4v) is 2.72. The molecule has 0 aliphatic heterocycles. The van der Waals surface area contributed by atoms with Crippen LogP contribution in [0.15, 0.2) is 30.4 Å². The van der Waals surface area contributed by atoms with Crippen molar-refractivity contribution in [3.8, 4) is 5.75 Å². The largest absolute Gasteiger partial charge is 0.490 e. The third-order valence-electron chi connectivity index (χ3n) is 3.76. The molecule has 0 N–H and O–H groups in total. The Morgan fingerprint density at radius 3 is 2.32 bits per heavy atom. The average molecular weight is 256 g/mol. The third-order valence-corrected chi connectivity index (χ3v) is 3.76. The summed E-state index contributed by atoms with van der Waals surface area (Å²) in [5.41, 5.74) is 0.935. The second kappa shape index (κ2) is 5.00. The number of ether oxygens (including phenoxy) is 1. The molecule has 0 saturated heterocycles. The van der Waals surface area contributed by atoms with Crippen molar-refractivity contribution in [1.29, 1.82) is 0 Å². The van der Waals surface area contributed by atoms with E-state index in [2.05, 4.69) is 0 Å². The molecule has 2 aliphatic rings. The maximum Gasteiger partial charge on any atom is 0.186 e. The van der Waals surface area contributed by atoms with E-state index in [4.69, 9.17) is 4.74 Å². The summed E-state index contributed by atoms with van der Waals surface area (Å²) in [7, 11) is 0. The molecule has 98 valence electrons. The van der Waals surface area contributed by atoms with Crippen LogP contribution in [0.5, 0.6) is 5.75 Å². The second-order valence-corrected chi connectivity index (χ2v) is 5.15. The molecular weight excluding hydrogens is 240 g/mol. The number of benzene rings is 1. The summed E-state index contributed by atoms with van der Waals surface area (Å²) in [4.78, 5) is 23.4. The van der Waals surface area contributed by atoms with Crippen LogP contribution in [0.1, 0.15) is 52.8 Å². The van der Waals surface area contributed by atoms with Crippen LogP contribution in [0.3, 0.4) is 0 Å². The van der Waals surface area contributed by atoms with Crippen molar-refractivity contribution in [1.82, 2.24) is 0 Å². The molecule has 0 heterocycles. The van der Waals surface area contributed by atoms with Gasteiger partial charge in [-0.3, -0.25) is 9.59 Å². The Morgan fingerprint density at radius 2 is 1.58 bits per heavy atom. The molecule has 0 atom stereocenters. The molecular formula is C16H16O3. The van der Waals surface area contributed by atoms with Gasteiger partial charge in [0.05, 0.1) is 6.10 Å². The average Bonchev–Trinajstić information content (AvgIpc) is 2.44. The van der Waals surface area contributed by atoms with Crippen LogP contribution in [0.25, 0.3) is 0 Å². The van der Waals surface area contributed by atoms with Crippen molar-refractivity contribution in [3.05, 3.63) is 41.5 Å². The van der Waals surface area contributed by atoms with Gasteiger partial charge in [0.25, 0.3) is 0 Å². The summed E-state index contributed by atoms with van der Waals surface area (Å²) >= 11 is 0. The van der Waals surface area contributed by atoms with Gasteiger partial charge in [-0.15, -0.1) is 0 Å². The van der Waals surface area contributed by atoms with Gasteiger partial charge in [-0.25, -0.2) is 0 Å². The molecule has 0 spiro atoms. The van der Waals surface area contributed by atoms with Crippen LogP contribution in [-0.4, -0.2) is 17.7 Å².